The Kier molecular flexibility index (Phi) is 4.23. The van der Waals surface area contributed by atoms with E-state index >= 15 is 0 Å². The first-order valence-corrected chi connectivity index (χ1v) is 5.29. The molecule has 0 spiro atoms. The fourth-order valence-electron chi connectivity index (χ4n) is 1.17. The number of nitrogens with one attached hydrogen (secondary N) is 1. The minimum atomic E-state index is -1.45. The number of anilines is 1. The van der Waals surface area contributed by atoms with Crippen molar-refractivity contribution in [1.82, 2.24) is 0 Å². The molecule has 0 radical (unpaired) electrons. The molecule has 0 saturated heterocycles. The molecule has 0 amide bonds. The van der Waals surface area contributed by atoms with Gasteiger partial charge in [-0.25, -0.2) is 17.6 Å². The summed E-state index contributed by atoms with van der Waals surface area (Å²) in [7, 11) is 0. The predicted molar refractivity (Wildman–Crippen MR) is 62.0 cm³/mol. The molecule has 5 heteroatoms. The molecule has 0 aromatic heterocycles. The van der Waals surface area contributed by atoms with Crippen LogP contribution >= 0.6 is 0 Å². The Balaban J connectivity index is 2.88. The summed E-state index contributed by atoms with van der Waals surface area (Å²) in [6, 6.07) is 0.163. The Labute approximate surface area is 103 Å². The molecular formula is C13H13F4N. The summed E-state index contributed by atoms with van der Waals surface area (Å²) >= 11 is 0. The third kappa shape index (κ3) is 3.66. The maximum atomic E-state index is 13.2. The quantitative estimate of drug-likeness (QED) is 0.485. The SMILES string of the molecule is CC(C)(C)C#CCNc1c(F)c(F)cc(F)c1F. The number of hydrogen-bond acceptors (Lipinski definition) is 1. The minimum absolute atomic E-state index is 0.103. The molecule has 0 aliphatic heterocycles. The van der Waals surface area contributed by atoms with Gasteiger partial charge in [0.1, 0.15) is 5.69 Å². The predicted octanol–water partition coefficient (Wildman–Crippen LogP) is 3.70. The smallest absolute Gasteiger partial charge is 0.185 e. The highest BCUT2D eigenvalue weighted by molar-refractivity contribution is 5.48. The zero-order valence-corrected chi connectivity index (χ0v) is 10.3. The van der Waals surface area contributed by atoms with Crippen LogP contribution in [0.5, 0.6) is 0 Å². The van der Waals surface area contributed by atoms with Crippen LogP contribution in [-0.4, -0.2) is 6.54 Å². The molecule has 18 heavy (non-hydrogen) atoms. The highest BCUT2D eigenvalue weighted by Gasteiger charge is 2.18. The van der Waals surface area contributed by atoms with Gasteiger partial charge in [0.05, 0.1) is 6.54 Å². The van der Waals surface area contributed by atoms with Crippen LogP contribution in [0.2, 0.25) is 0 Å². The molecule has 0 bridgehead atoms. The van der Waals surface area contributed by atoms with Gasteiger partial charge in [-0.3, -0.25) is 0 Å². The van der Waals surface area contributed by atoms with E-state index < -0.39 is 29.0 Å². The number of benzene rings is 1. The van der Waals surface area contributed by atoms with E-state index in [9.17, 15) is 17.6 Å². The maximum Gasteiger partial charge on any atom is 0.185 e. The van der Waals surface area contributed by atoms with Gasteiger partial charge in [0, 0.05) is 11.5 Å². The molecule has 0 heterocycles. The molecule has 0 saturated carbocycles. The normalized spacial score (nSPS) is 10.8. The van der Waals surface area contributed by atoms with Crippen LogP contribution in [0.3, 0.4) is 0 Å². The zero-order valence-electron chi connectivity index (χ0n) is 10.3. The number of rotatable bonds is 2. The highest BCUT2D eigenvalue weighted by atomic mass is 19.2. The Morgan fingerprint density at radius 1 is 1.06 bits per heavy atom. The van der Waals surface area contributed by atoms with Crippen LogP contribution in [0, 0.1) is 40.5 Å². The van der Waals surface area contributed by atoms with Crippen molar-refractivity contribution in [2.24, 2.45) is 5.41 Å². The molecule has 1 nitrogen and oxygen atoms in total. The summed E-state index contributed by atoms with van der Waals surface area (Å²) in [5.41, 5.74) is -1.10. The van der Waals surface area contributed by atoms with Crippen molar-refractivity contribution in [1.29, 1.82) is 0 Å². The summed E-state index contributed by atoms with van der Waals surface area (Å²) in [4.78, 5) is 0. The summed E-state index contributed by atoms with van der Waals surface area (Å²) in [5.74, 6) is -0.350. The van der Waals surface area contributed by atoms with Crippen LogP contribution in [-0.2, 0) is 0 Å². The average Bonchev–Trinajstić information content (AvgIpc) is 2.24. The monoisotopic (exact) mass is 259 g/mol. The van der Waals surface area contributed by atoms with E-state index in [-0.39, 0.29) is 18.0 Å². The molecule has 0 aliphatic carbocycles. The van der Waals surface area contributed by atoms with E-state index in [2.05, 4.69) is 17.2 Å². The Bertz CT molecular complexity index is 480. The van der Waals surface area contributed by atoms with Crippen molar-refractivity contribution >= 4 is 5.69 Å². The van der Waals surface area contributed by atoms with Gasteiger partial charge in [0.25, 0.3) is 0 Å². The summed E-state index contributed by atoms with van der Waals surface area (Å²) in [5, 5.41) is 2.23. The van der Waals surface area contributed by atoms with Crippen LogP contribution in [0.4, 0.5) is 23.2 Å². The zero-order chi connectivity index (χ0) is 13.9. The van der Waals surface area contributed by atoms with E-state index in [4.69, 9.17) is 0 Å². The molecule has 0 unspecified atom stereocenters. The molecule has 98 valence electrons. The highest BCUT2D eigenvalue weighted by Crippen LogP contribution is 2.23. The third-order valence-corrected chi connectivity index (χ3v) is 1.93. The molecular weight excluding hydrogens is 246 g/mol. The maximum absolute atomic E-state index is 13.2. The summed E-state index contributed by atoms with van der Waals surface area (Å²) in [6.07, 6.45) is 0. The minimum Gasteiger partial charge on any atom is -0.369 e. The van der Waals surface area contributed by atoms with Gasteiger partial charge >= 0.3 is 0 Å². The summed E-state index contributed by atoms with van der Waals surface area (Å²) < 4.78 is 52.1. The van der Waals surface area contributed by atoms with E-state index in [1.54, 1.807) is 0 Å². The standard InChI is InChI=1S/C13H13F4N/c1-13(2,3)5-4-6-18-12-10(16)8(14)7-9(15)11(12)17/h7,18H,6H2,1-3H3. The first-order chi connectivity index (χ1) is 8.22. The van der Waals surface area contributed by atoms with Crippen molar-refractivity contribution in [2.45, 2.75) is 20.8 Å². The molecule has 0 fully saturated rings. The van der Waals surface area contributed by atoms with Crippen LogP contribution < -0.4 is 5.32 Å². The average molecular weight is 259 g/mol. The molecule has 0 aliphatic rings. The lowest BCUT2D eigenvalue weighted by molar-refractivity contribution is 0.458. The van der Waals surface area contributed by atoms with Gasteiger partial charge in [-0.1, -0.05) is 11.8 Å². The van der Waals surface area contributed by atoms with Gasteiger partial charge in [-0.05, 0) is 20.8 Å². The van der Waals surface area contributed by atoms with Crippen molar-refractivity contribution < 1.29 is 17.6 Å². The van der Waals surface area contributed by atoms with Gasteiger partial charge in [-0.15, -0.1) is 0 Å². The molecule has 1 aromatic rings. The van der Waals surface area contributed by atoms with Gasteiger partial charge in [0.15, 0.2) is 23.3 Å². The number of hydrogen-bond donors (Lipinski definition) is 1. The van der Waals surface area contributed by atoms with Crippen LogP contribution in [0.25, 0.3) is 0 Å². The largest absolute Gasteiger partial charge is 0.369 e. The van der Waals surface area contributed by atoms with Gasteiger partial charge in [0.2, 0.25) is 0 Å². The fraction of sp³-hybridized carbons (Fsp3) is 0.385. The lowest BCUT2D eigenvalue weighted by atomic mass is 9.98. The second-order valence-electron chi connectivity index (χ2n) is 4.75. The first-order valence-electron chi connectivity index (χ1n) is 5.29. The van der Waals surface area contributed by atoms with Crippen molar-refractivity contribution in [3.05, 3.63) is 29.3 Å². The van der Waals surface area contributed by atoms with E-state index in [1.165, 1.54) is 0 Å². The van der Waals surface area contributed by atoms with Crippen molar-refractivity contribution in [3.8, 4) is 11.8 Å². The van der Waals surface area contributed by atoms with Crippen molar-refractivity contribution in [3.63, 3.8) is 0 Å². The Hall–Kier alpha value is -1.70. The third-order valence-electron chi connectivity index (χ3n) is 1.93. The van der Waals surface area contributed by atoms with Crippen molar-refractivity contribution in [2.75, 3.05) is 11.9 Å². The van der Waals surface area contributed by atoms with E-state index in [0.717, 1.165) is 0 Å². The number of halogens is 4. The first kappa shape index (κ1) is 14.4. The van der Waals surface area contributed by atoms with Gasteiger partial charge in [-0.2, -0.15) is 0 Å². The molecule has 1 aromatic carbocycles. The lowest BCUT2D eigenvalue weighted by Gasteiger charge is -2.09. The van der Waals surface area contributed by atoms with E-state index in [0.29, 0.717) is 0 Å². The van der Waals surface area contributed by atoms with Crippen LogP contribution in [0.15, 0.2) is 6.07 Å². The topological polar surface area (TPSA) is 12.0 Å². The molecule has 1 rings (SSSR count). The summed E-state index contributed by atoms with van der Waals surface area (Å²) in [6.45, 7) is 5.49. The lowest BCUT2D eigenvalue weighted by Crippen LogP contribution is -2.08. The molecule has 0 atom stereocenters. The molecule has 1 N–H and O–H groups in total. The second kappa shape index (κ2) is 5.30. The second-order valence-corrected chi connectivity index (χ2v) is 4.75. The van der Waals surface area contributed by atoms with Crippen LogP contribution in [0.1, 0.15) is 20.8 Å². The fourth-order valence-corrected chi connectivity index (χ4v) is 1.17. The Morgan fingerprint density at radius 3 is 2.00 bits per heavy atom. The Morgan fingerprint density at radius 2 is 1.56 bits per heavy atom. The van der Waals surface area contributed by atoms with Gasteiger partial charge < -0.3 is 5.32 Å². The van der Waals surface area contributed by atoms with E-state index in [1.807, 2.05) is 20.8 Å².